The summed E-state index contributed by atoms with van der Waals surface area (Å²) in [6.07, 6.45) is 0. The number of aliphatic carboxylic acids is 1. The molecule has 1 rings (SSSR count). The maximum Gasteiger partial charge on any atom is 0.318 e. The van der Waals surface area contributed by atoms with Gasteiger partial charge in [0.15, 0.2) is 0 Å². The van der Waals surface area contributed by atoms with Crippen molar-refractivity contribution in [3.05, 3.63) is 28.0 Å². The molecule has 1 aromatic carbocycles. The Hall–Kier alpha value is -1.50. The lowest BCUT2D eigenvalue weighted by atomic mass is 10.2. The Morgan fingerprint density at radius 2 is 2.10 bits per heavy atom. The number of carboxylic acids is 1. The van der Waals surface area contributed by atoms with Gasteiger partial charge in [-0.25, -0.2) is 12.8 Å². The lowest BCUT2D eigenvalue weighted by Gasteiger charge is -2.24. The second-order valence-corrected chi connectivity index (χ2v) is 7.13. The molecule has 0 heterocycles. The minimum absolute atomic E-state index is 0.0548. The first kappa shape index (κ1) is 17.6. The summed E-state index contributed by atoms with van der Waals surface area (Å²) in [6, 6.07) is 2.79. The van der Waals surface area contributed by atoms with Crippen LogP contribution in [0.4, 0.5) is 4.39 Å². The molecule has 21 heavy (non-hydrogen) atoms. The Labute approximate surface area is 130 Å². The third kappa shape index (κ3) is 3.78. The zero-order chi connectivity index (χ0) is 16.4. The Bertz CT molecular complexity index is 713. The van der Waals surface area contributed by atoms with Crippen LogP contribution in [-0.4, -0.2) is 36.4 Å². The molecule has 0 unspecified atom stereocenters. The van der Waals surface area contributed by atoms with Gasteiger partial charge in [-0.15, -0.1) is 0 Å². The van der Waals surface area contributed by atoms with Gasteiger partial charge in [0.2, 0.25) is 10.0 Å². The molecule has 0 aromatic heterocycles. The molecule has 0 amide bonds. The molecule has 0 aliphatic heterocycles. The van der Waals surface area contributed by atoms with Crippen molar-refractivity contribution in [1.82, 2.24) is 4.31 Å². The molecule has 0 aliphatic rings. The quantitative estimate of drug-likeness (QED) is 0.843. The van der Waals surface area contributed by atoms with Gasteiger partial charge < -0.3 is 5.11 Å². The summed E-state index contributed by atoms with van der Waals surface area (Å²) in [4.78, 5) is 10.1. The van der Waals surface area contributed by atoms with E-state index in [0.29, 0.717) is 4.31 Å². The fraction of sp³-hybridized carbons (Fsp3) is 0.333. The van der Waals surface area contributed by atoms with Crippen LogP contribution >= 0.6 is 15.9 Å². The first-order chi connectivity index (χ1) is 9.61. The highest BCUT2D eigenvalue weighted by Gasteiger charge is 2.32. The van der Waals surface area contributed by atoms with E-state index in [9.17, 15) is 17.6 Å². The highest BCUT2D eigenvalue weighted by molar-refractivity contribution is 9.10. The summed E-state index contributed by atoms with van der Waals surface area (Å²) in [5, 5.41) is 17.6. The number of nitriles is 1. The fourth-order valence-corrected chi connectivity index (χ4v) is 3.86. The molecule has 114 valence electrons. The predicted octanol–water partition coefficient (Wildman–Crippen LogP) is 1.94. The fourth-order valence-electron chi connectivity index (χ4n) is 1.62. The first-order valence-electron chi connectivity index (χ1n) is 5.74. The van der Waals surface area contributed by atoms with E-state index in [-0.39, 0.29) is 10.0 Å². The molecule has 1 N–H and O–H groups in total. The van der Waals surface area contributed by atoms with Crippen molar-refractivity contribution in [2.45, 2.75) is 24.8 Å². The maximum absolute atomic E-state index is 13.9. The van der Waals surface area contributed by atoms with Gasteiger partial charge in [0.25, 0.3) is 0 Å². The minimum Gasteiger partial charge on any atom is -0.480 e. The number of sulfonamides is 1. The van der Waals surface area contributed by atoms with Crippen LogP contribution in [0.5, 0.6) is 0 Å². The van der Waals surface area contributed by atoms with Crippen molar-refractivity contribution < 1.29 is 22.7 Å². The number of carboxylic acid groups (broad SMARTS) is 1. The number of carbonyl (C=O) groups is 1. The first-order valence-corrected chi connectivity index (χ1v) is 7.97. The number of benzene rings is 1. The summed E-state index contributed by atoms with van der Waals surface area (Å²) in [6.45, 7) is 2.19. The van der Waals surface area contributed by atoms with Gasteiger partial charge in [0, 0.05) is 10.5 Å². The van der Waals surface area contributed by atoms with Gasteiger partial charge in [-0.2, -0.15) is 9.57 Å². The highest BCUT2D eigenvalue weighted by Crippen LogP contribution is 2.27. The van der Waals surface area contributed by atoms with Crippen LogP contribution in [0.25, 0.3) is 0 Å². The largest absolute Gasteiger partial charge is 0.480 e. The highest BCUT2D eigenvalue weighted by atomic mass is 79.9. The average Bonchev–Trinajstić information content (AvgIpc) is 2.37. The molecule has 0 spiro atoms. The molecule has 0 bridgehead atoms. The molecule has 0 saturated heterocycles. The van der Waals surface area contributed by atoms with Crippen LogP contribution in [-0.2, 0) is 14.8 Å². The van der Waals surface area contributed by atoms with Gasteiger partial charge in [0.1, 0.15) is 23.3 Å². The van der Waals surface area contributed by atoms with E-state index in [0.717, 1.165) is 12.1 Å². The number of rotatable bonds is 5. The molecule has 0 atom stereocenters. The van der Waals surface area contributed by atoms with Crippen molar-refractivity contribution in [1.29, 1.82) is 5.26 Å². The Morgan fingerprint density at radius 3 is 2.52 bits per heavy atom. The third-order valence-corrected chi connectivity index (χ3v) is 5.29. The van der Waals surface area contributed by atoms with Crippen molar-refractivity contribution in [3.63, 3.8) is 0 Å². The van der Waals surface area contributed by atoms with E-state index >= 15 is 0 Å². The van der Waals surface area contributed by atoms with E-state index in [1.807, 2.05) is 0 Å². The van der Waals surface area contributed by atoms with Gasteiger partial charge >= 0.3 is 5.97 Å². The number of hydrogen-bond donors (Lipinski definition) is 1. The standard InChI is InChI=1S/C12H12BrFN2O4S/c1-7(2)16(6-12(17)18)21(19,20)11-4-9(13)8(5-15)3-10(11)14/h3-4,7H,6H2,1-2H3,(H,17,18). The van der Waals surface area contributed by atoms with E-state index in [2.05, 4.69) is 15.9 Å². The van der Waals surface area contributed by atoms with Crippen LogP contribution in [0.15, 0.2) is 21.5 Å². The molecule has 6 nitrogen and oxygen atoms in total. The molecular weight excluding hydrogens is 367 g/mol. The van der Waals surface area contributed by atoms with E-state index in [1.165, 1.54) is 13.8 Å². The van der Waals surface area contributed by atoms with Crippen LogP contribution in [0.1, 0.15) is 19.4 Å². The van der Waals surface area contributed by atoms with Gasteiger partial charge in [0.05, 0.1) is 5.56 Å². The summed E-state index contributed by atoms with van der Waals surface area (Å²) < 4.78 is 39.5. The van der Waals surface area contributed by atoms with Crippen molar-refractivity contribution >= 4 is 31.9 Å². The average molecular weight is 379 g/mol. The summed E-state index contributed by atoms with van der Waals surface area (Å²) in [7, 11) is -4.34. The molecule has 0 fully saturated rings. The van der Waals surface area contributed by atoms with Gasteiger partial charge in [-0.05, 0) is 41.9 Å². The normalized spacial score (nSPS) is 11.7. The van der Waals surface area contributed by atoms with Crippen molar-refractivity contribution in [2.24, 2.45) is 0 Å². The number of halogens is 2. The van der Waals surface area contributed by atoms with E-state index < -0.39 is 39.3 Å². The Kier molecular flexibility index (Phi) is 5.44. The predicted molar refractivity (Wildman–Crippen MR) is 75.5 cm³/mol. The van der Waals surface area contributed by atoms with Gasteiger partial charge in [-0.1, -0.05) is 0 Å². The van der Waals surface area contributed by atoms with E-state index in [4.69, 9.17) is 10.4 Å². The molecule has 1 aromatic rings. The zero-order valence-corrected chi connectivity index (χ0v) is 13.6. The number of hydrogen-bond acceptors (Lipinski definition) is 4. The van der Waals surface area contributed by atoms with Crippen LogP contribution in [0, 0.1) is 17.1 Å². The minimum atomic E-state index is -4.34. The van der Waals surface area contributed by atoms with Crippen molar-refractivity contribution in [2.75, 3.05) is 6.54 Å². The van der Waals surface area contributed by atoms with Crippen LogP contribution in [0.2, 0.25) is 0 Å². The van der Waals surface area contributed by atoms with E-state index in [1.54, 1.807) is 6.07 Å². The molecule has 0 radical (unpaired) electrons. The van der Waals surface area contributed by atoms with Crippen LogP contribution < -0.4 is 0 Å². The maximum atomic E-state index is 13.9. The lowest BCUT2D eigenvalue weighted by Crippen LogP contribution is -2.40. The molecule has 0 saturated carbocycles. The summed E-state index contributed by atoms with van der Waals surface area (Å²) in [5.74, 6) is -2.45. The zero-order valence-electron chi connectivity index (χ0n) is 11.2. The smallest absolute Gasteiger partial charge is 0.318 e. The topological polar surface area (TPSA) is 98.5 Å². The Balaban J connectivity index is 3.46. The van der Waals surface area contributed by atoms with Crippen LogP contribution in [0.3, 0.4) is 0 Å². The lowest BCUT2D eigenvalue weighted by molar-refractivity contribution is -0.137. The second kappa shape index (κ2) is 6.51. The number of nitrogens with zero attached hydrogens (tertiary/aromatic N) is 2. The van der Waals surface area contributed by atoms with Crippen molar-refractivity contribution in [3.8, 4) is 6.07 Å². The summed E-state index contributed by atoms with van der Waals surface area (Å²) in [5.41, 5.74) is -0.0548. The second-order valence-electron chi connectivity index (χ2n) is 4.41. The molecular formula is C12H12BrFN2O4S. The monoisotopic (exact) mass is 378 g/mol. The molecule has 0 aliphatic carbocycles. The Morgan fingerprint density at radius 1 is 1.52 bits per heavy atom. The summed E-state index contributed by atoms with van der Waals surface area (Å²) >= 11 is 2.98. The van der Waals surface area contributed by atoms with Gasteiger partial charge in [-0.3, -0.25) is 4.79 Å². The molecule has 9 heteroatoms. The third-order valence-electron chi connectivity index (χ3n) is 2.60. The SMILES string of the molecule is CC(C)N(CC(=O)O)S(=O)(=O)c1cc(Br)c(C#N)cc1F.